The molecule has 0 fully saturated rings. The number of carbonyl (C=O) groups is 2. The second-order valence-corrected chi connectivity index (χ2v) is 4.49. The molecule has 0 aliphatic rings. The molecule has 0 heterocycles. The molecular formula is C14H24O4. The summed E-state index contributed by atoms with van der Waals surface area (Å²) in [6.07, 6.45) is 12.1. The molecule has 0 saturated carbocycles. The van der Waals surface area contributed by atoms with Gasteiger partial charge in [0, 0.05) is 0 Å². The van der Waals surface area contributed by atoms with Crippen LogP contribution in [0.5, 0.6) is 0 Å². The van der Waals surface area contributed by atoms with Gasteiger partial charge in [0.25, 0.3) is 0 Å². The van der Waals surface area contributed by atoms with Crippen molar-refractivity contribution >= 4 is 11.9 Å². The maximum absolute atomic E-state index is 10.6. The second-order valence-electron chi connectivity index (χ2n) is 4.49. The Morgan fingerprint density at radius 1 is 0.944 bits per heavy atom. The normalized spacial score (nSPS) is 11.2. The number of carboxylic acid groups (broad SMARTS) is 2. The van der Waals surface area contributed by atoms with E-state index in [1.807, 2.05) is 0 Å². The van der Waals surface area contributed by atoms with E-state index < -0.39 is 17.9 Å². The highest BCUT2D eigenvalue weighted by atomic mass is 16.4. The van der Waals surface area contributed by atoms with Gasteiger partial charge in [0.15, 0.2) is 5.92 Å². The first-order valence-electron chi connectivity index (χ1n) is 6.71. The molecule has 0 spiro atoms. The van der Waals surface area contributed by atoms with Crippen LogP contribution in [0.3, 0.4) is 0 Å². The number of hydrogen-bond acceptors (Lipinski definition) is 2. The fraction of sp³-hybridized carbons (Fsp3) is 0.714. The third kappa shape index (κ3) is 8.79. The first kappa shape index (κ1) is 16.7. The SMILES string of the molecule is CCCCCCCCCC=CC(C(=O)O)C(=O)O. The summed E-state index contributed by atoms with van der Waals surface area (Å²) < 4.78 is 0. The Morgan fingerprint density at radius 3 is 1.94 bits per heavy atom. The molecule has 4 nitrogen and oxygen atoms in total. The molecule has 0 aromatic heterocycles. The van der Waals surface area contributed by atoms with E-state index in [1.54, 1.807) is 6.08 Å². The molecule has 0 rings (SSSR count). The van der Waals surface area contributed by atoms with Crippen molar-refractivity contribution in [3.8, 4) is 0 Å². The highest BCUT2D eigenvalue weighted by Crippen LogP contribution is 2.09. The van der Waals surface area contributed by atoms with Gasteiger partial charge in [0.1, 0.15) is 0 Å². The van der Waals surface area contributed by atoms with Crippen LogP contribution in [-0.4, -0.2) is 22.2 Å². The lowest BCUT2D eigenvalue weighted by Crippen LogP contribution is -2.20. The first-order chi connectivity index (χ1) is 8.59. The predicted octanol–water partition coefficient (Wildman–Crippen LogP) is 3.47. The lowest BCUT2D eigenvalue weighted by Gasteiger charge is -2.01. The number of allylic oxidation sites excluding steroid dienone is 1. The molecule has 2 N–H and O–H groups in total. The van der Waals surface area contributed by atoms with Gasteiger partial charge in [-0.05, 0) is 12.8 Å². The van der Waals surface area contributed by atoms with E-state index in [0.29, 0.717) is 0 Å². The molecule has 0 aromatic carbocycles. The van der Waals surface area contributed by atoms with Crippen LogP contribution in [0.25, 0.3) is 0 Å². The average molecular weight is 256 g/mol. The summed E-state index contributed by atoms with van der Waals surface area (Å²) >= 11 is 0. The summed E-state index contributed by atoms with van der Waals surface area (Å²) in [7, 11) is 0. The van der Waals surface area contributed by atoms with Gasteiger partial charge in [0.2, 0.25) is 0 Å². The topological polar surface area (TPSA) is 74.6 Å². The minimum absolute atomic E-state index is 0.755. The third-order valence-electron chi connectivity index (χ3n) is 2.83. The fourth-order valence-electron chi connectivity index (χ4n) is 1.72. The van der Waals surface area contributed by atoms with Crippen LogP contribution >= 0.6 is 0 Å². The predicted molar refractivity (Wildman–Crippen MR) is 70.5 cm³/mol. The van der Waals surface area contributed by atoms with E-state index in [0.717, 1.165) is 19.3 Å². The molecule has 0 aliphatic carbocycles. The van der Waals surface area contributed by atoms with Gasteiger partial charge in [-0.25, -0.2) is 0 Å². The lowest BCUT2D eigenvalue weighted by molar-refractivity contribution is -0.151. The number of carboxylic acids is 2. The van der Waals surface area contributed by atoms with E-state index in [9.17, 15) is 9.59 Å². The summed E-state index contributed by atoms with van der Waals surface area (Å²) in [4.78, 5) is 21.2. The zero-order valence-electron chi connectivity index (χ0n) is 11.1. The van der Waals surface area contributed by atoms with Crippen molar-refractivity contribution in [1.82, 2.24) is 0 Å². The molecule has 0 bridgehead atoms. The fourth-order valence-corrected chi connectivity index (χ4v) is 1.72. The Labute approximate surface area is 109 Å². The van der Waals surface area contributed by atoms with Crippen molar-refractivity contribution in [2.75, 3.05) is 0 Å². The Kier molecular flexibility index (Phi) is 10.0. The first-order valence-corrected chi connectivity index (χ1v) is 6.71. The van der Waals surface area contributed by atoms with Crippen LogP contribution in [0, 0.1) is 5.92 Å². The van der Waals surface area contributed by atoms with Gasteiger partial charge in [-0.2, -0.15) is 0 Å². The maximum atomic E-state index is 10.6. The second kappa shape index (κ2) is 10.8. The molecule has 0 unspecified atom stereocenters. The number of unbranched alkanes of at least 4 members (excludes halogenated alkanes) is 7. The van der Waals surface area contributed by atoms with Gasteiger partial charge in [-0.3, -0.25) is 9.59 Å². The van der Waals surface area contributed by atoms with E-state index in [-0.39, 0.29) is 0 Å². The van der Waals surface area contributed by atoms with Gasteiger partial charge in [0.05, 0.1) is 0 Å². The smallest absolute Gasteiger partial charge is 0.321 e. The lowest BCUT2D eigenvalue weighted by atomic mass is 10.1. The van der Waals surface area contributed by atoms with Crippen LogP contribution in [0.15, 0.2) is 12.2 Å². The van der Waals surface area contributed by atoms with Crippen molar-refractivity contribution in [3.05, 3.63) is 12.2 Å². The molecular weight excluding hydrogens is 232 g/mol. The van der Waals surface area contributed by atoms with Gasteiger partial charge >= 0.3 is 11.9 Å². The maximum Gasteiger partial charge on any atom is 0.321 e. The van der Waals surface area contributed by atoms with Crippen LogP contribution in [-0.2, 0) is 9.59 Å². The summed E-state index contributed by atoms with van der Waals surface area (Å²) in [6.45, 7) is 2.19. The summed E-state index contributed by atoms with van der Waals surface area (Å²) in [5, 5.41) is 17.3. The largest absolute Gasteiger partial charge is 0.480 e. The Morgan fingerprint density at radius 2 is 1.44 bits per heavy atom. The molecule has 104 valence electrons. The average Bonchev–Trinajstić information content (AvgIpc) is 2.30. The highest BCUT2D eigenvalue weighted by molar-refractivity contribution is 5.94. The minimum Gasteiger partial charge on any atom is -0.480 e. The van der Waals surface area contributed by atoms with Crippen LogP contribution in [0.1, 0.15) is 58.3 Å². The minimum atomic E-state index is -1.41. The van der Waals surface area contributed by atoms with Crippen molar-refractivity contribution in [1.29, 1.82) is 0 Å². The van der Waals surface area contributed by atoms with Crippen molar-refractivity contribution < 1.29 is 19.8 Å². The molecule has 0 radical (unpaired) electrons. The highest BCUT2D eigenvalue weighted by Gasteiger charge is 2.21. The summed E-state index contributed by atoms with van der Waals surface area (Å²) in [5.41, 5.74) is 0. The van der Waals surface area contributed by atoms with Crippen molar-refractivity contribution in [2.24, 2.45) is 5.92 Å². The van der Waals surface area contributed by atoms with Crippen molar-refractivity contribution in [3.63, 3.8) is 0 Å². The van der Waals surface area contributed by atoms with Crippen LogP contribution < -0.4 is 0 Å². The van der Waals surface area contributed by atoms with Gasteiger partial charge in [-0.15, -0.1) is 0 Å². The summed E-state index contributed by atoms with van der Waals surface area (Å²) in [5.74, 6) is -4.02. The van der Waals surface area contributed by atoms with Crippen LogP contribution in [0.4, 0.5) is 0 Å². The number of rotatable bonds is 11. The third-order valence-corrected chi connectivity index (χ3v) is 2.83. The van der Waals surface area contributed by atoms with E-state index in [4.69, 9.17) is 10.2 Å². The zero-order chi connectivity index (χ0) is 13.8. The molecule has 0 amide bonds. The molecule has 18 heavy (non-hydrogen) atoms. The Hall–Kier alpha value is -1.32. The monoisotopic (exact) mass is 256 g/mol. The van der Waals surface area contributed by atoms with E-state index >= 15 is 0 Å². The molecule has 0 saturated heterocycles. The number of hydrogen-bond donors (Lipinski definition) is 2. The van der Waals surface area contributed by atoms with Gasteiger partial charge < -0.3 is 10.2 Å². The zero-order valence-corrected chi connectivity index (χ0v) is 11.1. The summed E-state index contributed by atoms with van der Waals surface area (Å²) in [6, 6.07) is 0. The van der Waals surface area contributed by atoms with Crippen LogP contribution in [0.2, 0.25) is 0 Å². The molecule has 0 aliphatic heterocycles. The van der Waals surface area contributed by atoms with Gasteiger partial charge in [-0.1, -0.05) is 57.6 Å². The standard InChI is InChI=1S/C14H24O4/c1-2-3-4-5-6-7-8-9-10-11-12(13(15)16)14(17)18/h10-12H,2-9H2,1H3,(H,15,16)(H,17,18). The Bertz CT molecular complexity index is 257. The molecule has 4 heteroatoms. The van der Waals surface area contributed by atoms with E-state index in [2.05, 4.69) is 6.92 Å². The van der Waals surface area contributed by atoms with E-state index in [1.165, 1.54) is 38.2 Å². The van der Waals surface area contributed by atoms with Crippen molar-refractivity contribution in [2.45, 2.75) is 58.3 Å². The molecule has 0 atom stereocenters. The quantitative estimate of drug-likeness (QED) is 0.337. The number of aliphatic carboxylic acids is 2. The Balaban J connectivity index is 3.58. The molecule has 0 aromatic rings.